The number of thiocarbonyl (C=S) groups is 1. The van der Waals surface area contributed by atoms with Crippen molar-refractivity contribution in [3.63, 3.8) is 0 Å². The molecule has 140 valence electrons. The molecule has 1 aromatic heterocycles. The molecule has 0 aliphatic carbocycles. The van der Waals surface area contributed by atoms with Crippen LogP contribution in [0.3, 0.4) is 0 Å². The molecule has 1 heterocycles. The summed E-state index contributed by atoms with van der Waals surface area (Å²) in [4.78, 5) is 0. The highest BCUT2D eigenvalue weighted by Gasteiger charge is 2.11. The lowest BCUT2D eigenvalue weighted by molar-refractivity contribution is 0.690. The first-order valence-corrected chi connectivity index (χ1v) is 10.1. The third kappa shape index (κ3) is 5.23. The molecule has 8 heteroatoms. The SMILES string of the molecule is Cc1ccc(NC(=S)Nc2nn(Cc3ccc(Cl)cc3Cl)cc2Br)c(C)c1. The van der Waals surface area contributed by atoms with Gasteiger partial charge in [0.15, 0.2) is 10.9 Å². The lowest BCUT2D eigenvalue weighted by atomic mass is 10.1. The van der Waals surface area contributed by atoms with E-state index in [9.17, 15) is 0 Å². The largest absolute Gasteiger partial charge is 0.332 e. The molecule has 0 amide bonds. The number of hydrogen-bond acceptors (Lipinski definition) is 2. The lowest BCUT2D eigenvalue weighted by Crippen LogP contribution is -2.20. The van der Waals surface area contributed by atoms with Crippen LogP contribution in [0, 0.1) is 13.8 Å². The van der Waals surface area contributed by atoms with E-state index in [4.69, 9.17) is 35.4 Å². The zero-order valence-corrected chi connectivity index (χ0v) is 18.6. The van der Waals surface area contributed by atoms with Crippen LogP contribution in [-0.2, 0) is 6.54 Å². The monoisotopic (exact) mass is 482 g/mol. The van der Waals surface area contributed by atoms with Crippen molar-refractivity contribution < 1.29 is 0 Å². The van der Waals surface area contributed by atoms with Gasteiger partial charge in [0, 0.05) is 21.9 Å². The summed E-state index contributed by atoms with van der Waals surface area (Å²) in [6, 6.07) is 11.6. The zero-order chi connectivity index (χ0) is 19.6. The third-order valence-corrected chi connectivity index (χ3v) is 5.30. The van der Waals surface area contributed by atoms with Crippen molar-refractivity contribution in [2.24, 2.45) is 0 Å². The summed E-state index contributed by atoms with van der Waals surface area (Å²) in [5.74, 6) is 0.627. The zero-order valence-electron chi connectivity index (χ0n) is 14.7. The molecular formula is C19H17BrCl2N4S. The Bertz CT molecular complexity index is 1000. The minimum Gasteiger partial charge on any atom is -0.332 e. The molecule has 3 rings (SSSR count). The Hall–Kier alpha value is -1.60. The molecule has 2 aromatic carbocycles. The summed E-state index contributed by atoms with van der Waals surface area (Å²) in [7, 11) is 0. The van der Waals surface area contributed by atoms with Crippen LogP contribution in [0.5, 0.6) is 0 Å². The van der Waals surface area contributed by atoms with Crippen LogP contribution in [0.2, 0.25) is 10.0 Å². The molecule has 0 unspecified atom stereocenters. The van der Waals surface area contributed by atoms with Gasteiger partial charge < -0.3 is 10.6 Å². The highest BCUT2D eigenvalue weighted by Crippen LogP contribution is 2.25. The highest BCUT2D eigenvalue weighted by atomic mass is 79.9. The number of anilines is 2. The maximum absolute atomic E-state index is 6.24. The third-order valence-electron chi connectivity index (χ3n) is 3.93. The molecule has 0 aliphatic rings. The fourth-order valence-electron chi connectivity index (χ4n) is 2.60. The van der Waals surface area contributed by atoms with Crippen LogP contribution in [-0.4, -0.2) is 14.9 Å². The van der Waals surface area contributed by atoms with Crippen LogP contribution in [0.1, 0.15) is 16.7 Å². The second-order valence-electron chi connectivity index (χ2n) is 6.16. The summed E-state index contributed by atoms with van der Waals surface area (Å²) in [5, 5.41) is 12.5. The van der Waals surface area contributed by atoms with E-state index in [2.05, 4.69) is 44.7 Å². The van der Waals surface area contributed by atoms with Gasteiger partial charge in [0.2, 0.25) is 0 Å². The number of hydrogen-bond donors (Lipinski definition) is 2. The maximum Gasteiger partial charge on any atom is 0.176 e. The fourth-order valence-corrected chi connectivity index (χ4v) is 3.69. The van der Waals surface area contributed by atoms with E-state index in [1.165, 1.54) is 5.56 Å². The summed E-state index contributed by atoms with van der Waals surface area (Å²) in [5.41, 5.74) is 4.22. The summed E-state index contributed by atoms with van der Waals surface area (Å²) < 4.78 is 2.58. The normalized spacial score (nSPS) is 10.7. The molecule has 0 aliphatic heterocycles. The van der Waals surface area contributed by atoms with E-state index in [1.54, 1.807) is 10.7 Å². The summed E-state index contributed by atoms with van der Waals surface area (Å²) in [6.07, 6.45) is 1.87. The van der Waals surface area contributed by atoms with Crippen molar-refractivity contribution in [3.05, 3.63) is 73.8 Å². The second kappa shape index (κ2) is 8.61. The molecule has 0 bridgehead atoms. The first-order chi connectivity index (χ1) is 12.8. The van der Waals surface area contributed by atoms with Crippen LogP contribution >= 0.6 is 51.3 Å². The van der Waals surface area contributed by atoms with Gasteiger partial charge in [0.25, 0.3) is 0 Å². The van der Waals surface area contributed by atoms with E-state index in [1.807, 2.05) is 37.4 Å². The number of halogens is 3. The van der Waals surface area contributed by atoms with Crippen molar-refractivity contribution in [1.29, 1.82) is 0 Å². The number of benzene rings is 2. The average Bonchev–Trinajstić information content (AvgIpc) is 2.92. The summed E-state index contributed by atoms with van der Waals surface area (Å²) in [6.45, 7) is 4.62. The first-order valence-electron chi connectivity index (χ1n) is 8.14. The molecule has 4 nitrogen and oxygen atoms in total. The Kier molecular flexibility index (Phi) is 6.42. The van der Waals surface area contributed by atoms with Gasteiger partial charge in [0.05, 0.1) is 11.0 Å². The van der Waals surface area contributed by atoms with Gasteiger partial charge in [-0.1, -0.05) is 47.0 Å². The predicted molar refractivity (Wildman–Crippen MR) is 121 cm³/mol. The van der Waals surface area contributed by atoms with Gasteiger partial charge in [0.1, 0.15) is 0 Å². The minimum atomic E-state index is 0.470. The number of nitrogens with one attached hydrogen (secondary N) is 2. The van der Waals surface area contributed by atoms with Crippen molar-refractivity contribution in [3.8, 4) is 0 Å². The van der Waals surface area contributed by atoms with E-state index < -0.39 is 0 Å². The molecule has 3 aromatic rings. The Morgan fingerprint density at radius 3 is 2.63 bits per heavy atom. The van der Waals surface area contributed by atoms with E-state index in [0.29, 0.717) is 27.5 Å². The predicted octanol–water partition coefficient (Wildman–Crippen LogP) is 6.43. The van der Waals surface area contributed by atoms with Crippen molar-refractivity contribution in [2.45, 2.75) is 20.4 Å². The molecule has 0 spiro atoms. The van der Waals surface area contributed by atoms with Crippen LogP contribution < -0.4 is 10.6 Å². The number of aromatic nitrogens is 2. The molecule has 0 fully saturated rings. The highest BCUT2D eigenvalue weighted by molar-refractivity contribution is 9.10. The van der Waals surface area contributed by atoms with Gasteiger partial charge in [-0.25, -0.2) is 0 Å². The van der Waals surface area contributed by atoms with Crippen LogP contribution in [0.15, 0.2) is 47.1 Å². The quantitative estimate of drug-likeness (QED) is 0.419. The molecule has 2 N–H and O–H groups in total. The van der Waals surface area contributed by atoms with Gasteiger partial charge in [-0.3, -0.25) is 4.68 Å². The summed E-state index contributed by atoms with van der Waals surface area (Å²) >= 11 is 21.1. The lowest BCUT2D eigenvalue weighted by Gasteiger charge is -2.12. The van der Waals surface area contributed by atoms with Crippen LogP contribution in [0.4, 0.5) is 11.5 Å². The Morgan fingerprint density at radius 1 is 1.15 bits per heavy atom. The van der Waals surface area contributed by atoms with Gasteiger partial charge >= 0.3 is 0 Å². The Labute approximate surface area is 182 Å². The molecule has 0 saturated carbocycles. The molecular weight excluding hydrogens is 467 g/mol. The number of aryl methyl sites for hydroxylation is 2. The van der Waals surface area contributed by atoms with Gasteiger partial charge in [-0.2, -0.15) is 5.10 Å². The molecule has 0 saturated heterocycles. The Morgan fingerprint density at radius 2 is 1.93 bits per heavy atom. The van der Waals surface area contributed by atoms with E-state index in [-0.39, 0.29) is 0 Å². The maximum atomic E-state index is 6.24. The Balaban J connectivity index is 1.69. The standard InChI is InChI=1S/C19H17BrCl2N4S/c1-11-3-6-17(12(2)7-11)23-19(27)24-18-15(20)10-26(25-18)9-13-4-5-14(21)8-16(13)22/h3-8,10H,9H2,1-2H3,(H2,23,24,25,27). The molecule has 0 radical (unpaired) electrons. The van der Waals surface area contributed by atoms with Gasteiger partial charge in [-0.05, 0) is 71.3 Å². The van der Waals surface area contributed by atoms with Crippen LogP contribution in [0.25, 0.3) is 0 Å². The first kappa shape index (κ1) is 20.1. The molecule has 0 atom stereocenters. The second-order valence-corrected chi connectivity index (χ2v) is 8.26. The fraction of sp³-hybridized carbons (Fsp3) is 0.158. The minimum absolute atomic E-state index is 0.470. The molecule has 27 heavy (non-hydrogen) atoms. The topological polar surface area (TPSA) is 41.9 Å². The smallest absolute Gasteiger partial charge is 0.176 e. The van der Waals surface area contributed by atoms with E-state index >= 15 is 0 Å². The van der Waals surface area contributed by atoms with E-state index in [0.717, 1.165) is 21.3 Å². The van der Waals surface area contributed by atoms with Crippen molar-refractivity contribution >= 4 is 68.0 Å². The van der Waals surface area contributed by atoms with Crippen molar-refractivity contribution in [2.75, 3.05) is 10.6 Å². The van der Waals surface area contributed by atoms with Crippen molar-refractivity contribution in [1.82, 2.24) is 9.78 Å². The average molecular weight is 484 g/mol. The van der Waals surface area contributed by atoms with Gasteiger partial charge in [-0.15, -0.1) is 0 Å². The number of nitrogens with zero attached hydrogens (tertiary/aromatic N) is 2. The number of rotatable bonds is 4.